The topological polar surface area (TPSA) is 388 Å². The zero-order valence-electron chi connectivity index (χ0n) is 34.8. The third-order valence-corrected chi connectivity index (χ3v) is 9.20. The molecule has 15 N–H and O–H groups in total. The highest BCUT2D eigenvalue weighted by atomic mass is 16.4. The number of hydrogen-bond acceptors (Lipinski definition) is 13. The summed E-state index contributed by atoms with van der Waals surface area (Å²) >= 11 is 0. The molecule has 0 bridgehead atoms. The predicted molar refractivity (Wildman–Crippen MR) is 220 cm³/mol. The number of aliphatic hydroxyl groups excluding tert-OH is 1. The van der Waals surface area contributed by atoms with E-state index in [1.165, 1.54) is 45.0 Å². The standard InChI is InChI=1S/C40H55N9O14/c1-20(2)33(49-37(59)27(17-30(42)52)47-35(57)25(41)15-23-9-11-24(51)12-10-23)39(61)43-18-31(53)45-29(19-50)38(60)46-26(13-14-32(54)55)36(58)44-21(3)34(56)48-28(40(62)63)16-22-7-5-4-6-8-22/h4-12,20-21,25-29,33,50-51H,13-19,41H2,1-3H3,(H2,42,52)(H,43,61)(H,44,58)(H,45,53)(H,46,60)(H,47,57)(H,48,56)(H,49,59)(H,54,55)(H,62,63)/t21-,25-,26-,27-,28-,29-,33-/m0/s1. The molecule has 0 aliphatic rings. The van der Waals surface area contributed by atoms with Crippen molar-refractivity contribution in [3.05, 3.63) is 65.7 Å². The number of benzene rings is 2. The number of nitrogens with one attached hydrogen (secondary N) is 7. The summed E-state index contributed by atoms with van der Waals surface area (Å²) in [7, 11) is 0. The lowest BCUT2D eigenvalue weighted by atomic mass is 10.0. The fourth-order valence-corrected chi connectivity index (χ4v) is 5.71. The van der Waals surface area contributed by atoms with Crippen molar-refractivity contribution in [3.8, 4) is 5.75 Å². The van der Waals surface area contributed by atoms with Crippen LogP contribution in [0.2, 0.25) is 0 Å². The Morgan fingerprint density at radius 3 is 1.73 bits per heavy atom. The third kappa shape index (κ3) is 18.6. The van der Waals surface area contributed by atoms with Gasteiger partial charge in [-0.05, 0) is 48.9 Å². The molecule has 0 saturated carbocycles. The summed E-state index contributed by atoms with van der Waals surface area (Å²) in [5.74, 6) is -11.2. The maximum absolute atomic E-state index is 13.3. The minimum Gasteiger partial charge on any atom is -0.508 e. The average Bonchev–Trinajstić information content (AvgIpc) is 3.22. The van der Waals surface area contributed by atoms with E-state index in [4.69, 9.17) is 11.5 Å². The smallest absolute Gasteiger partial charge is 0.326 e. The lowest BCUT2D eigenvalue weighted by Crippen LogP contribution is -2.59. The number of aliphatic carboxylic acids is 2. The van der Waals surface area contributed by atoms with Crippen molar-refractivity contribution in [2.24, 2.45) is 17.4 Å². The van der Waals surface area contributed by atoms with Gasteiger partial charge in [0, 0.05) is 12.8 Å². The molecule has 0 unspecified atom stereocenters. The minimum atomic E-state index is -1.75. The SMILES string of the molecule is CC(C)[C@H](NC(=O)[C@H](CC(N)=O)NC(=O)[C@@H](N)Cc1ccc(O)cc1)C(=O)NCC(=O)N[C@@H](CO)C(=O)N[C@@H](CCC(=O)O)C(=O)N[C@@H](C)C(=O)N[C@@H](Cc1ccccc1)C(=O)O. The van der Waals surface area contributed by atoms with Crippen molar-refractivity contribution in [2.45, 2.75) is 95.2 Å². The van der Waals surface area contributed by atoms with Crippen molar-refractivity contribution < 1.29 is 68.4 Å². The van der Waals surface area contributed by atoms with Gasteiger partial charge in [0.1, 0.15) is 42.0 Å². The lowest BCUT2D eigenvalue weighted by Gasteiger charge is -2.26. The zero-order valence-corrected chi connectivity index (χ0v) is 34.8. The molecule has 0 heterocycles. The van der Waals surface area contributed by atoms with Gasteiger partial charge in [0.15, 0.2) is 0 Å². The Labute approximate surface area is 361 Å². The molecular weight excluding hydrogens is 830 g/mol. The highest BCUT2D eigenvalue weighted by molar-refractivity contribution is 5.98. The summed E-state index contributed by atoms with van der Waals surface area (Å²) in [6.45, 7) is 2.45. The van der Waals surface area contributed by atoms with Crippen LogP contribution < -0.4 is 48.7 Å². The number of amides is 8. The van der Waals surface area contributed by atoms with Crippen LogP contribution in [0.5, 0.6) is 5.75 Å². The molecule has 23 heteroatoms. The maximum atomic E-state index is 13.3. The molecule has 23 nitrogen and oxygen atoms in total. The molecule has 8 amide bonds. The van der Waals surface area contributed by atoms with E-state index in [2.05, 4.69) is 37.2 Å². The van der Waals surface area contributed by atoms with E-state index in [1.54, 1.807) is 30.3 Å². The first kappa shape index (κ1) is 52.0. The molecule has 7 atom stereocenters. The Hall–Kier alpha value is -7.14. The van der Waals surface area contributed by atoms with Crippen LogP contribution in [0.1, 0.15) is 51.2 Å². The Kier molecular flexibility index (Phi) is 21.1. The number of phenols is 1. The molecule has 63 heavy (non-hydrogen) atoms. The number of hydrogen-bond donors (Lipinski definition) is 13. The number of rotatable bonds is 26. The van der Waals surface area contributed by atoms with Gasteiger partial charge in [0.25, 0.3) is 0 Å². The fourth-order valence-electron chi connectivity index (χ4n) is 5.71. The van der Waals surface area contributed by atoms with Gasteiger partial charge < -0.3 is 69.1 Å². The quantitative estimate of drug-likeness (QED) is 0.0429. The first-order chi connectivity index (χ1) is 29.6. The van der Waals surface area contributed by atoms with Crippen molar-refractivity contribution in [3.63, 3.8) is 0 Å². The number of carboxylic acids is 2. The van der Waals surface area contributed by atoms with E-state index in [-0.39, 0.29) is 18.6 Å². The number of phenolic OH excluding ortho intramolecular Hbond substituents is 1. The number of nitrogens with two attached hydrogens (primary N) is 2. The second kappa shape index (κ2) is 25.6. The lowest BCUT2D eigenvalue weighted by molar-refractivity contribution is -0.142. The van der Waals surface area contributed by atoms with Gasteiger partial charge in [-0.2, -0.15) is 0 Å². The van der Waals surface area contributed by atoms with Gasteiger partial charge in [0.05, 0.1) is 25.6 Å². The number of aliphatic hydroxyl groups is 1. The van der Waals surface area contributed by atoms with Gasteiger partial charge in [-0.1, -0.05) is 56.3 Å². The van der Waals surface area contributed by atoms with Crippen LogP contribution in [-0.4, -0.2) is 135 Å². The summed E-state index contributed by atoms with van der Waals surface area (Å²) in [6.07, 6.45) is -1.89. The minimum absolute atomic E-state index is 0.00299. The molecular formula is C40H55N9O14. The Balaban J connectivity index is 2.03. The Morgan fingerprint density at radius 1 is 0.619 bits per heavy atom. The predicted octanol–water partition coefficient (Wildman–Crippen LogP) is -3.98. The van der Waals surface area contributed by atoms with Crippen LogP contribution in [0, 0.1) is 5.92 Å². The Bertz CT molecular complexity index is 1950. The average molecular weight is 886 g/mol. The van der Waals surface area contributed by atoms with Crippen molar-refractivity contribution in [1.82, 2.24) is 37.2 Å². The highest BCUT2D eigenvalue weighted by Gasteiger charge is 2.33. The first-order valence-electron chi connectivity index (χ1n) is 19.6. The summed E-state index contributed by atoms with van der Waals surface area (Å²) in [5.41, 5.74) is 12.5. The van der Waals surface area contributed by atoms with Crippen LogP contribution in [0.15, 0.2) is 54.6 Å². The normalized spacial score (nSPS) is 14.2. The van der Waals surface area contributed by atoms with Crippen LogP contribution in [-0.2, 0) is 60.8 Å². The van der Waals surface area contributed by atoms with Gasteiger partial charge in [-0.3, -0.25) is 43.2 Å². The van der Waals surface area contributed by atoms with Gasteiger partial charge in [0.2, 0.25) is 47.3 Å². The summed E-state index contributed by atoms with van der Waals surface area (Å²) in [5, 5.41) is 54.2. The summed E-state index contributed by atoms with van der Waals surface area (Å²) in [6, 6.07) is 4.04. The van der Waals surface area contributed by atoms with E-state index in [9.17, 15) is 68.4 Å². The Morgan fingerprint density at radius 2 is 1.17 bits per heavy atom. The molecule has 0 aromatic heterocycles. The number of aromatic hydroxyl groups is 1. The summed E-state index contributed by atoms with van der Waals surface area (Å²) < 4.78 is 0. The molecule has 2 rings (SSSR count). The summed E-state index contributed by atoms with van der Waals surface area (Å²) in [4.78, 5) is 126. The fraction of sp³-hybridized carbons (Fsp3) is 0.450. The van der Waals surface area contributed by atoms with E-state index in [1.807, 2.05) is 0 Å². The van der Waals surface area contributed by atoms with Crippen LogP contribution in [0.3, 0.4) is 0 Å². The van der Waals surface area contributed by atoms with Crippen LogP contribution in [0.25, 0.3) is 0 Å². The van der Waals surface area contributed by atoms with E-state index >= 15 is 0 Å². The second-order valence-corrected chi connectivity index (χ2v) is 14.8. The van der Waals surface area contributed by atoms with Crippen molar-refractivity contribution >= 4 is 59.2 Å². The number of carbonyl (C=O) groups is 10. The molecule has 2 aromatic rings. The zero-order chi connectivity index (χ0) is 47.4. The van der Waals surface area contributed by atoms with Crippen molar-refractivity contribution in [1.29, 1.82) is 0 Å². The van der Waals surface area contributed by atoms with E-state index < -0.39 is 140 Å². The molecule has 2 aromatic carbocycles. The molecule has 0 aliphatic carbocycles. The monoisotopic (exact) mass is 885 g/mol. The molecule has 0 aliphatic heterocycles. The maximum Gasteiger partial charge on any atom is 0.326 e. The highest BCUT2D eigenvalue weighted by Crippen LogP contribution is 2.12. The van der Waals surface area contributed by atoms with Gasteiger partial charge >= 0.3 is 11.9 Å². The van der Waals surface area contributed by atoms with Gasteiger partial charge in [-0.25, -0.2) is 4.79 Å². The van der Waals surface area contributed by atoms with Gasteiger partial charge in [-0.15, -0.1) is 0 Å². The van der Waals surface area contributed by atoms with Crippen LogP contribution in [0.4, 0.5) is 0 Å². The first-order valence-corrected chi connectivity index (χ1v) is 19.6. The molecule has 0 saturated heterocycles. The largest absolute Gasteiger partial charge is 0.508 e. The molecule has 344 valence electrons. The van der Waals surface area contributed by atoms with E-state index in [0.29, 0.717) is 11.1 Å². The van der Waals surface area contributed by atoms with E-state index in [0.717, 1.165) is 0 Å². The number of carbonyl (C=O) groups excluding carboxylic acids is 8. The molecule has 0 spiro atoms. The third-order valence-electron chi connectivity index (χ3n) is 9.20. The van der Waals surface area contributed by atoms with Crippen molar-refractivity contribution in [2.75, 3.05) is 13.2 Å². The number of carboxylic acid groups (broad SMARTS) is 2. The molecule has 0 fully saturated rings. The molecule has 0 radical (unpaired) electrons. The number of primary amides is 1. The second-order valence-electron chi connectivity index (χ2n) is 14.8. The van der Waals surface area contributed by atoms with Crippen LogP contribution >= 0.6 is 0 Å².